The van der Waals surface area contributed by atoms with E-state index in [0.717, 1.165) is 31.9 Å². The fourth-order valence-corrected chi connectivity index (χ4v) is 7.79. The van der Waals surface area contributed by atoms with Crippen LogP contribution in [0, 0.1) is 6.92 Å². The van der Waals surface area contributed by atoms with Crippen LogP contribution in [0.3, 0.4) is 0 Å². The molecule has 0 unspecified atom stereocenters. The molecule has 1 aliphatic rings. The first-order valence-corrected chi connectivity index (χ1v) is 14.6. The molecule has 196 valence electrons. The average molecular weight is 587 g/mol. The number of ether oxygens (including phenoxy) is 2. The lowest BCUT2D eigenvalue weighted by Crippen LogP contribution is -2.50. The van der Waals surface area contributed by atoms with Crippen molar-refractivity contribution in [1.29, 1.82) is 0 Å². The number of carbonyl (C=O) groups excluding carboxylic acids is 1. The van der Waals surface area contributed by atoms with E-state index in [0.29, 0.717) is 32.9 Å². The molecule has 0 saturated heterocycles. The van der Waals surface area contributed by atoms with Crippen molar-refractivity contribution in [3.63, 3.8) is 0 Å². The smallest absolute Gasteiger partial charge is 0.327 e. The normalized spacial score (nSPS) is 14.1. The van der Waals surface area contributed by atoms with E-state index in [-0.39, 0.29) is 6.03 Å². The standard InChI is InChI=1S/C28H25Cl2N3O3S2/c1-15-6-10-22-18(12-15)24-25(37-38-26(24)32-21-14-17(35-4)8-11-23(21)36-5)28(2,3)33(22)27(34)31-16-7-9-19(29)20(30)13-16/h6-14H,1-5H3,(H,31,34). The Morgan fingerprint density at radius 1 is 0.974 bits per heavy atom. The molecule has 1 aliphatic heterocycles. The monoisotopic (exact) mass is 585 g/mol. The minimum atomic E-state index is -0.661. The molecule has 1 aromatic heterocycles. The average Bonchev–Trinajstić information content (AvgIpc) is 3.31. The number of methoxy groups -OCH3 is 2. The van der Waals surface area contributed by atoms with Crippen LogP contribution in [0.2, 0.25) is 10.0 Å². The first kappa shape index (κ1) is 26.6. The molecule has 6 nitrogen and oxygen atoms in total. The fourth-order valence-electron chi connectivity index (χ4n) is 4.54. The molecule has 38 heavy (non-hydrogen) atoms. The van der Waals surface area contributed by atoms with Crippen molar-refractivity contribution in [3.05, 3.63) is 79.8 Å². The highest BCUT2D eigenvalue weighted by Crippen LogP contribution is 2.50. The van der Waals surface area contributed by atoms with Crippen LogP contribution in [-0.4, -0.2) is 20.3 Å². The maximum atomic E-state index is 13.8. The third kappa shape index (κ3) is 4.66. The number of rotatable bonds is 4. The zero-order valence-electron chi connectivity index (χ0n) is 21.4. The van der Waals surface area contributed by atoms with E-state index in [2.05, 4.69) is 11.4 Å². The Kier molecular flexibility index (Phi) is 7.17. The number of nitrogens with one attached hydrogen (secondary N) is 1. The van der Waals surface area contributed by atoms with Crippen LogP contribution < -0.4 is 24.4 Å². The Bertz CT molecular complexity index is 1630. The summed E-state index contributed by atoms with van der Waals surface area (Å²) >= 11 is 12.3. The molecule has 2 amide bonds. The van der Waals surface area contributed by atoms with Crippen LogP contribution in [0.25, 0.3) is 11.1 Å². The lowest BCUT2D eigenvalue weighted by Gasteiger charge is -2.42. The third-order valence-electron chi connectivity index (χ3n) is 6.40. The molecular formula is C28H25Cl2N3O3S2. The fraction of sp³-hybridized carbons (Fsp3) is 0.214. The van der Waals surface area contributed by atoms with Crippen LogP contribution in [0.1, 0.15) is 24.3 Å². The maximum Gasteiger partial charge on any atom is 0.327 e. The van der Waals surface area contributed by atoms with E-state index in [1.54, 1.807) is 58.0 Å². The summed E-state index contributed by atoms with van der Waals surface area (Å²) in [5, 5.41) is 3.80. The van der Waals surface area contributed by atoms with Gasteiger partial charge < -0.3 is 14.8 Å². The summed E-state index contributed by atoms with van der Waals surface area (Å²) < 4.78 is 11.8. The van der Waals surface area contributed by atoms with Gasteiger partial charge in [-0.25, -0.2) is 9.79 Å². The van der Waals surface area contributed by atoms with Gasteiger partial charge in [-0.1, -0.05) is 55.5 Å². The number of benzene rings is 3. The van der Waals surface area contributed by atoms with E-state index in [1.807, 2.05) is 51.1 Å². The Hall–Kier alpha value is -3.04. The van der Waals surface area contributed by atoms with Crippen molar-refractivity contribution in [1.82, 2.24) is 0 Å². The second kappa shape index (κ2) is 10.3. The summed E-state index contributed by atoms with van der Waals surface area (Å²) in [6, 6.07) is 16.4. The largest absolute Gasteiger partial charge is 0.497 e. The number of carbonyl (C=O) groups is 1. The topological polar surface area (TPSA) is 63.2 Å². The first-order valence-electron chi connectivity index (χ1n) is 11.7. The molecule has 5 rings (SSSR count). The zero-order valence-corrected chi connectivity index (χ0v) is 24.5. The van der Waals surface area contributed by atoms with Crippen molar-refractivity contribution in [2.24, 2.45) is 4.99 Å². The maximum absolute atomic E-state index is 13.8. The predicted molar refractivity (Wildman–Crippen MR) is 158 cm³/mol. The molecule has 10 heteroatoms. The summed E-state index contributed by atoms with van der Waals surface area (Å²) in [5.41, 5.74) is 4.43. The number of nitrogens with zero attached hydrogens (tertiary/aromatic N) is 2. The van der Waals surface area contributed by atoms with Crippen LogP contribution in [0.5, 0.6) is 11.5 Å². The number of anilines is 2. The van der Waals surface area contributed by atoms with Crippen molar-refractivity contribution < 1.29 is 14.3 Å². The molecule has 0 atom stereocenters. The van der Waals surface area contributed by atoms with Gasteiger partial charge in [-0.15, -0.1) is 0 Å². The summed E-state index contributed by atoms with van der Waals surface area (Å²) in [6.45, 7) is 6.13. The second-order valence-corrected chi connectivity index (χ2v) is 12.2. The van der Waals surface area contributed by atoms with Gasteiger partial charge in [-0.3, -0.25) is 4.90 Å². The number of amides is 2. The van der Waals surface area contributed by atoms with Gasteiger partial charge in [0.25, 0.3) is 0 Å². The molecule has 2 heterocycles. The second-order valence-electron chi connectivity index (χ2n) is 9.30. The van der Waals surface area contributed by atoms with Crippen LogP contribution >= 0.6 is 43.9 Å². The van der Waals surface area contributed by atoms with Gasteiger partial charge in [0.05, 0.1) is 40.4 Å². The molecule has 1 N–H and O–H groups in total. The molecular weight excluding hydrogens is 561 g/mol. The first-order chi connectivity index (χ1) is 18.1. The third-order valence-corrected chi connectivity index (χ3v) is 9.77. The van der Waals surface area contributed by atoms with E-state index < -0.39 is 5.54 Å². The number of hydrogen-bond acceptors (Lipinski definition) is 6. The van der Waals surface area contributed by atoms with Crippen LogP contribution in [0.4, 0.5) is 21.9 Å². The van der Waals surface area contributed by atoms with Gasteiger partial charge in [0, 0.05) is 22.9 Å². The minimum Gasteiger partial charge on any atom is -0.497 e. The Balaban J connectivity index is 1.66. The van der Waals surface area contributed by atoms with Crippen LogP contribution in [-0.2, 0) is 5.54 Å². The molecule has 0 bridgehead atoms. The highest BCUT2D eigenvalue weighted by molar-refractivity contribution is 7.68. The Morgan fingerprint density at radius 2 is 1.76 bits per heavy atom. The molecule has 3 aromatic carbocycles. The number of urea groups is 1. The number of hydrogen-bond donors (Lipinski definition) is 1. The van der Waals surface area contributed by atoms with E-state index in [4.69, 9.17) is 37.7 Å². The van der Waals surface area contributed by atoms with Gasteiger partial charge in [-0.2, -0.15) is 0 Å². The molecule has 4 aromatic rings. The van der Waals surface area contributed by atoms with Crippen LogP contribution in [0.15, 0.2) is 59.6 Å². The molecule has 0 spiro atoms. The van der Waals surface area contributed by atoms with Crippen molar-refractivity contribution in [2.75, 3.05) is 24.4 Å². The summed E-state index contributed by atoms with van der Waals surface area (Å²) in [6.07, 6.45) is 0. The highest BCUT2D eigenvalue weighted by atomic mass is 35.5. The zero-order chi connectivity index (χ0) is 27.2. The van der Waals surface area contributed by atoms with Crippen molar-refractivity contribution in [3.8, 4) is 22.6 Å². The van der Waals surface area contributed by atoms with Gasteiger partial charge in [0.1, 0.15) is 21.9 Å². The van der Waals surface area contributed by atoms with Gasteiger partial charge in [-0.05, 0) is 63.2 Å². The predicted octanol–water partition coefficient (Wildman–Crippen LogP) is 8.63. The lowest BCUT2D eigenvalue weighted by atomic mass is 9.87. The summed E-state index contributed by atoms with van der Waals surface area (Å²) in [5.74, 6) is 1.35. The Labute approximate surface area is 238 Å². The van der Waals surface area contributed by atoms with E-state index in [1.165, 1.54) is 0 Å². The number of fused-ring (bicyclic) bond motifs is 3. The molecule has 0 saturated carbocycles. The number of aryl methyl sites for hydroxylation is 1. The summed E-state index contributed by atoms with van der Waals surface area (Å²) in [7, 11) is 6.44. The molecule has 0 fully saturated rings. The van der Waals surface area contributed by atoms with Gasteiger partial charge >= 0.3 is 6.03 Å². The highest BCUT2D eigenvalue weighted by Gasteiger charge is 2.43. The van der Waals surface area contributed by atoms with E-state index in [9.17, 15) is 4.79 Å². The van der Waals surface area contributed by atoms with Gasteiger partial charge in [0.2, 0.25) is 0 Å². The minimum absolute atomic E-state index is 0.268. The van der Waals surface area contributed by atoms with Gasteiger partial charge in [0.15, 0.2) is 0 Å². The van der Waals surface area contributed by atoms with Crippen molar-refractivity contribution >= 4 is 67.0 Å². The summed E-state index contributed by atoms with van der Waals surface area (Å²) in [4.78, 5) is 21.6. The Morgan fingerprint density at radius 3 is 2.47 bits per heavy atom. The quantitative estimate of drug-likeness (QED) is 0.244. The molecule has 0 radical (unpaired) electrons. The van der Waals surface area contributed by atoms with Crippen molar-refractivity contribution in [2.45, 2.75) is 26.3 Å². The molecule has 0 aliphatic carbocycles. The lowest BCUT2D eigenvalue weighted by molar-refractivity contribution is 0.251. The number of halogens is 2. The van der Waals surface area contributed by atoms with E-state index >= 15 is 0 Å². The SMILES string of the molecule is COc1ccc(OC)c(N=c2ssc3c2-c2cc(C)ccc2N(C(=O)Nc2ccc(Cl)c(Cl)c2)C3(C)C)c1.